The topological polar surface area (TPSA) is 114 Å². The Labute approximate surface area is 209 Å². The standard InChI is InChI=1S/C26H27N3O6S/c1-26(2)14-35-24-20(29-10-9-21(30)27-25(29)31)13-19(23(34-3)22(24)26)17-6-5-16-12-18(28-36(4,32)33)8-7-15(16)11-17/h5-8,11-13,28H,9-10,14H2,1-4H3,(H,27,30,31). The lowest BCUT2D eigenvalue weighted by molar-refractivity contribution is -0.120. The number of imide groups is 1. The normalized spacial score (nSPS) is 16.9. The van der Waals surface area contributed by atoms with Crippen molar-refractivity contribution in [2.75, 3.05) is 36.1 Å². The van der Waals surface area contributed by atoms with Crippen molar-refractivity contribution >= 4 is 44.1 Å². The van der Waals surface area contributed by atoms with E-state index in [1.54, 1.807) is 19.2 Å². The van der Waals surface area contributed by atoms with E-state index in [9.17, 15) is 18.0 Å². The molecule has 0 aromatic heterocycles. The summed E-state index contributed by atoms with van der Waals surface area (Å²) in [5.74, 6) is 0.948. The van der Waals surface area contributed by atoms with Gasteiger partial charge in [0.15, 0.2) is 5.75 Å². The van der Waals surface area contributed by atoms with E-state index >= 15 is 0 Å². The Morgan fingerprint density at radius 3 is 2.50 bits per heavy atom. The number of nitrogens with one attached hydrogen (secondary N) is 2. The first kappa shape index (κ1) is 23.9. The molecule has 0 bridgehead atoms. The molecular weight excluding hydrogens is 482 g/mol. The maximum atomic E-state index is 12.7. The summed E-state index contributed by atoms with van der Waals surface area (Å²) in [6.07, 6.45) is 1.31. The third-order valence-electron chi connectivity index (χ3n) is 6.47. The molecule has 0 spiro atoms. The highest BCUT2D eigenvalue weighted by Crippen LogP contribution is 2.53. The monoisotopic (exact) mass is 509 g/mol. The number of hydrogen-bond acceptors (Lipinski definition) is 6. The van der Waals surface area contributed by atoms with Gasteiger partial charge in [0.05, 0.1) is 25.7 Å². The number of carbonyl (C=O) groups is 2. The second-order valence-electron chi connectivity index (χ2n) is 9.76. The van der Waals surface area contributed by atoms with Gasteiger partial charge in [0.1, 0.15) is 5.75 Å². The maximum Gasteiger partial charge on any atom is 0.328 e. The largest absolute Gasteiger partial charge is 0.496 e. The van der Waals surface area contributed by atoms with Crippen LogP contribution in [0.3, 0.4) is 0 Å². The van der Waals surface area contributed by atoms with E-state index in [0.29, 0.717) is 29.5 Å². The second kappa shape index (κ2) is 8.41. The summed E-state index contributed by atoms with van der Waals surface area (Å²) in [4.78, 5) is 26.0. The Morgan fingerprint density at radius 2 is 1.81 bits per heavy atom. The first-order valence-electron chi connectivity index (χ1n) is 11.5. The molecule has 0 unspecified atom stereocenters. The summed E-state index contributed by atoms with van der Waals surface area (Å²) in [5.41, 5.74) is 3.23. The van der Waals surface area contributed by atoms with Crippen LogP contribution in [0.25, 0.3) is 21.9 Å². The summed E-state index contributed by atoms with van der Waals surface area (Å²) in [7, 11) is -1.77. The molecule has 0 radical (unpaired) electrons. The predicted octanol–water partition coefficient (Wildman–Crippen LogP) is 4.00. The fourth-order valence-corrected chi connectivity index (χ4v) is 5.39. The number of rotatable bonds is 5. The molecule has 1 fully saturated rings. The Kier molecular flexibility index (Phi) is 5.59. The Hall–Kier alpha value is -3.79. The van der Waals surface area contributed by atoms with E-state index in [1.165, 1.54) is 4.90 Å². The maximum absolute atomic E-state index is 12.7. The number of urea groups is 1. The number of hydrogen-bond donors (Lipinski definition) is 2. The molecule has 0 atom stereocenters. The molecule has 2 heterocycles. The van der Waals surface area contributed by atoms with Crippen LogP contribution in [0.15, 0.2) is 42.5 Å². The summed E-state index contributed by atoms with van der Waals surface area (Å²) in [6.45, 7) is 4.80. The van der Waals surface area contributed by atoms with Crippen molar-refractivity contribution in [3.05, 3.63) is 48.0 Å². The van der Waals surface area contributed by atoms with Crippen LogP contribution >= 0.6 is 0 Å². The first-order valence-corrected chi connectivity index (χ1v) is 13.4. The zero-order valence-electron chi connectivity index (χ0n) is 20.5. The lowest BCUT2D eigenvalue weighted by Crippen LogP contribution is -2.49. The van der Waals surface area contributed by atoms with Crippen LogP contribution in [0.2, 0.25) is 0 Å². The van der Waals surface area contributed by atoms with Crippen LogP contribution in [-0.4, -0.2) is 46.9 Å². The van der Waals surface area contributed by atoms with E-state index in [0.717, 1.165) is 33.7 Å². The summed E-state index contributed by atoms with van der Waals surface area (Å²) < 4.78 is 37.7. The number of amides is 3. The van der Waals surface area contributed by atoms with Crippen LogP contribution < -0.4 is 24.4 Å². The molecule has 3 aromatic rings. The average Bonchev–Trinajstić information content (AvgIpc) is 3.12. The summed E-state index contributed by atoms with van der Waals surface area (Å²) >= 11 is 0. The zero-order chi connectivity index (χ0) is 25.8. The second-order valence-corrected chi connectivity index (χ2v) is 11.5. The SMILES string of the molecule is COc1c(-c2ccc3cc(NS(C)(=O)=O)ccc3c2)cc(N2CCC(=O)NC2=O)c2c1C(C)(C)CO2. The lowest BCUT2D eigenvalue weighted by Gasteiger charge is -2.29. The van der Waals surface area contributed by atoms with Crippen LogP contribution in [0, 0.1) is 0 Å². The Bertz CT molecular complexity index is 1530. The van der Waals surface area contributed by atoms with Gasteiger partial charge in [0.25, 0.3) is 0 Å². The summed E-state index contributed by atoms with van der Waals surface area (Å²) in [6, 6.07) is 12.6. The first-order chi connectivity index (χ1) is 17.0. The molecule has 2 aliphatic heterocycles. The van der Waals surface area contributed by atoms with Gasteiger partial charge in [0.2, 0.25) is 15.9 Å². The van der Waals surface area contributed by atoms with Gasteiger partial charge in [-0.2, -0.15) is 0 Å². The van der Waals surface area contributed by atoms with Gasteiger partial charge in [-0.05, 0) is 40.6 Å². The van der Waals surface area contributed by atoms with Crippen molar-refractivity contribution in [3.63, 3.8) is 0 Å². The minimum absolute atomic E-state index is 0.199. The van der Waals surface area contributed by atoms with Gasteiger partial charge in [-0.1, -0.05) is 32.0 Å². The van der Waals surface area contributed by atoms with Gasteiger partial charge >= 0.3 is 6.03 Å². The molecule has 2 aliphatic rings. The molecule has 36 heavy (non-hydrogen) atoms. The van der Waals surface area contributed by atoms with E-state index in [1.807, 2.05) is 30.3 Å². The highest BCUT2D eigenvalue weighted by atomic mass is 32.2. The van der Waals surface area contributed by atoms with Crippen LogP contribution in [0.4, 0.5) is 16.2 Å². The average molecular weight is 510 g/mol. The highest BCUT2D eigenvalue weighted by molar-refractivity contribution is 7.92. The predicted molar refractivity (Wildman–Crippen MR) is 138 cm³/mol. The van der Waals surface area contributed by atoms with Crippen molar-refractivity contribution in [2.45, 2.75) is 25.7 Å². The van der Waals surface area contributed by atoms with E-state index < -0.39 is 16.1 Å². The van der Waals surface area contributed by atoms with Crippen LogP contribution in [-0.2, 0) is 20.2 Å². The number of fused-ring (bicyclic) bond motifs is 2. The number of sulfonamides is 1. The lowest BCUT2D eigenvalue weighted by atomic mass is 9.83. The molecule has 1 saturated heterocycles. The third-order valence-corrected chi connectivity index (χ3v) is 7.08. The highest BCUT2D eigenvalue weighted by Gasteiger charge is 2.41. The smallest absolute Gasteiger partial charge is 0.328 e. The van der Waals surface area contributed by atoms with E-state index in [2.05, 4.69) is 23.9 Å². The molecule has 0 aliphatic carbocycles. The van der Waals surface area contributed by atoms with Gasteiger partial charge in [0, 0.05) is 35.2 Å². The molecule has 10 heteroatoms. The molecule has 9 nitrogen and oxygen atoms in total. The molecule has 2 N–H and O–H groups in total. The fourth-order valence-electron chi connectivity index (χ4n) is 4.83. The van der Waals surface area contributed by atoms with Gasteiger partial charge in [-0.25, -0.2) is 13.2 Å². The van der Waals surface area contributed by atoms with Crippen molar-refractivity contribution in [2.24, 2.45) is 0 Å². The number of ether oxygens (including phenoxy) is 2. The molecular formula is C26H27N3O6S. The zero-order valence-corrected chi connectivity index (χ0v) is 21.3. The van der Waals surface area contributed by atoms with Crippen molar-refractivity contribution in [3.8, 4) is 22.6 Å². The fraction of sp³-hybridized carbons (Fsp3) is 0.308. The summed E-state index contributed by atoms with van der Waals surface area (Å²) in [5, 5.41) is 4.16. The van der Waals surface area contributed by atoms with Crippen molar-refractivity contribution < 1.29 is 27.5 Å². The third kappa shape index (κ3) is 4.21. The molecule has 3 amide bonds. The number of nitrogens with zero attached hydrogens (tertiary/aromatic N) is 1. The minimum atomic E-state index is -3.38. The molecule has 0 saturated carbocycles. The molecule has 188 valence electrons. The molecule has 5 rings (SSSR count). The van der Waals surface area contributed by atoms with Gasteiger partial charge < -0.3 is 9.47 Å². The quantitative estimate of drug-likeness (QED) is 0.537. The number of carbonyl (C=O) groups excluding carboxylic acids is 2. The Morgan fingerprint density at radius 1 is 1.08 bits per heavy atom. The Balaban J connectivity index is 1.67. The van der Waals surface area contributed by atoms with Crippen LogP contribution in [0.1, 0.15) is 25.8 Å². The van der Waals surface area contributed by atoms with E-state index in [4.69, 9.17) is 9.47 Å². The van der Waals surface area contributed by atoms with Crippen LogP contribution in [0.5, 0.6) is 11.5 Å². The van der Waals surface area contributed by atoms with Gasteiger partial charge in [-0.3, -0.25) is 19.7 Å². The number of benzene rings is 3. The van der Waals surface area contributed by atoms with Crippen molar-refractivity contribution in [1.29, 1.82) is 0 Å². The van der Waals surface area contributed by atoms with E-state index in [-0.39, 0.29) is 24.3 Å². The van der Waals surface area contributed by atoms with Crippen molar-refractivity contribution in [1.82, 2.24) is 5.32 Å². The molecule has 3 aromatic carbocycles. The minimum Gasteiger partial charge on any atom is -0.496 e. The van der Waals surface area contributed by atoms with Gasteiger partial charge in [-0.15, -0.1) is 0 Å². The number of methoxy groups -OCH3 is 1. The number of anilines is 2.